The van der Waals surface area contributed by atoms with E-state index in [4.69, 9.17) is 5.11 Å². The van der Waals surface area contributed by atoms with E-state index in [-0.39, 0.29) is 6.42 Å². The maximum Gasteiger partial charge on any atom is 0.339 e. The van der Waals surface area contributed by atoms with Crippen LogP contribution in [0.15, 0.2) is 18.5 Å². The molecule has 5 heteroatoms. The Morgan fingerprint density at radius 1 is 1.47 bits per heavy atom. The molecule has 0 fully saturated rings. The summed E-state index contributed by atoms with van der Waals surface area (Å²) < 4.78 is 4.52. The molecule has 15 heavy (non-hydrogen) atoms. The molecule has 1 aromatic rings. The van der Waals surface area contributed by atoms with Crippen molar-refractivity contribution in [2.45, 2.75) is 12.8 Å². The fourth-order valence-corrected chi connectivity index (χ4v) is 1.11. The van der Waals surface area contributed by atoms with Crippen molar-refractivity contribution >= 4 is 11.9 Å². The average Bonchev–Trinajstić information content (AvgIpc) is 2.25. The zero-order valence-electron chi connectivity index (χ0n) is 8.27. The van der Waals surface area contributed by atoms with Crippen LogP contribution in [0, 0.1) is 0 Å². The molecule has 1 N–H and O–H groups in total. The van der Waals surface area contributed by atoms with Crippen LogP contribution in [0.25, 0.3) is 0 Å². The van der Waals surface area contributed by atoms with Crippen molar-refractivity contribution in [1.82, 2.24) is 4.98 Å². The van der Waals surface area contributed by atoms with Crippen LogP contribution in [-0.4, -0.2) is 29.1 Å². The Kier molecular flexibility index (Phi) is 3.79. The maximum atomic E-state index is 11.1. The van der Waals surface area contributed by atoms with Crippen molar-refractivity contribution in [3.63, 3.8) is 0 Å². The van der Waals surface area contributed by atoms with Gasteiger partial charge in [-0.2, -0.15) is 0 Å². The fourth-order valence-electron chi connectivity index (χ4n) is 1.11. The number of carbonyl (C=O) groups is 2. The van der Waals surface area contributed by atoms with Crippen molar-refractivity contribution in [3.8, 4) is 0 Å². The molecule has 0 atom stereocenters. The van der Waals surface area contributed by atoms with E-state index in [1.807, 2.05) is 0 Å². The summed E-state index contributed by atoms with van der Waals surface area (Å²) in [7, 11) is 1.28. The average molecular weight is 209 g/mol. The molecule has 1 rings (SSSR count). The third kappa shape index (κ3) is 3.38. The fraction of sp³-hybridized carbons (Fsp3) is 0.300. The van der Waals surface area contributed by atoms with Crippen molar-refractivity contribution in [1.29, 1.82) is 0 Å². The van der Waals surface area contributed by atoms with Crippen molar-refractivity contribution in [3.05, 3.63) is 29.6 Å². The van der Waals surface area contributed by atoms with Crippen LogP contribution >= 0.6 is 0 Å². The number of hydrogen-bond donors (Lipinski definition) is 1. The number of esters is 1. The minimum Gasteiger partial charge on any atom is -0.481 e. The molecule has 0 aliphatic heterocycles. The number of carboxylic acids is 1. The second kappa shape index (κ2) is 5.09. The molecule has 5 nitrogen and oxygen atoms in total. The quantitative estimate of drug-likeness (QED) is 0.745. The summed E-state index contributed by atoms with van der Waals surface area (Å²) in [6.45, 7) is 0. The standard InChI is InChI=1S/C10H11NO4/c1-15-10(14)8-4-7(5-11-6-8)2-3-9(12)13/h4-6H,2-3H2,1H3,(H,12,13). The summed E-state index contributed by atoms with van der Waals surface area (Å²) in [6, 6.07) is 1.59. The summed E-state index contributed by atoms with van der Waals surface area (Å²) in [5, 5.41) is 8.49. The van der Waals surface area contributed by atoms with Gasteiger partial charge in [-0.05, 0) is 18.1 Å². The number of hydrogen-bond acceptors (Lipinski definition) is 4. The van der Waals surface area contributed by atoms with Crippen molar-refractivity contribution < 1.29 is 19.4 Å². The van der Waals surface area contributed by atoms with E-state index in [1.54, 1.807) is 6.07 Å². The highest BCUT2D eigenvalue weighted by Crippen LogP contribution is 2.06. The van der Waals surface area contributed by atoms with Crippen molar-refractivity contribution in [2.75, 3.05) is 7.11 Å². The molecule has 0 unspecified atom stereocenters. The predicted octanol–water partition coefficient (Wildman–Crippen LogP) is 0.885. The van der Waals surface area contributed by atoms with Gasteiger partial charge in [0.1, 0.15) is 0 Å². The van der Waals surface area contributed by atoms with E-state index < -0.39 is 11.9 Å². The van der Waals surface area contributed by atoms with Crippen LogP contribution in [-0.2, 0) is 16.0 Å². The summed E-state index contributed by atoms with van der Waals surface area (Å²) in [6.07, 6.45) is 3.30. The SMILES string of the molecule is COC(=O)c1cncc(CCC(=O)O)c1. The van der Waals surface area contributed by atoms with Gasteiger partial charge in [-0.25, -0.2) is 4.79 Å². The molecule has 80 valence electrons. The first kappa shape index (κ1) is 11.2. The molecule has 0 spiro atoms. The van der Waals surface area contributed by atoms with Gasteiger partial charge in [0.2, 0.25) is 0 Å². The molecule has 0 aromatic carbocycles. The number of rotatable bonds is 4. The van der Waals surface area contributed by atoms with Crippen LogP contribution in [0.3, 0.4) is 0 Å². The summed E-state index contributed by atoms with van der Waals surface area (Å²) in [5.74, 6) is -1.35. The third-order valence-electron chi connectivity index (χ3n) is 1.84. The Bertz CT molecular complexity index is 375. The topological polar surface area (TPSA) is 76.5 Å². The molecule has 0 aliphatic rings. The molecule has 0 saturated heterocycles. The molecular weight excluding hydrogens is 198 g/mol. The molecule has 0 radical (unpaired) electrons. The number of ether oxygens (including phenoxy) is 1. The van der Waals surface area contributed by atoms with Crippen LogP contribution in [0.5, 0.6) is 0 Å². The lowest BCUT2D eigenvalue weighted by molar-refractivity contribution is -0.136. The first-order chi connectivity index (χ1) is 7.13. The van der Waals surface area contributed by atoms with E-state index in [9.17, 15) is 9.59 Å². The largest absolute Gasteiger partial charge is 0.481 e. The van der Waals surface area contributed by atoms with E-state index in [2.05, 4.69) is 9.72 Å². The molecule has 1 aromatic heterocycles. The van der Waals surface area contributed by atoms with Gasteiger partial charge in [0.15, 0.2) is 0 Å². The Morgan fingerprint density at radius 3 is 2.80 bits per heavy atom. The van der Waals surface area contributed by atoms with Crippen LogP contribution in [0.4, 0.5) is 0 Å². The summed E-state index contributed by atoms with van der Waals surface area (Å²) in [4.78, 5) is 25.3. The van der Waals surface area contributed by atoms with Gasteiger partial charge in [-0.3, -0.25) is 9.78 Å². The molecule has 1 heterocycles. The third-order valence-corrected chi connectivity index (χ3v) is 1.84. The number of pyridine rings is 1. The lowest BCUT2D eigenvalue weighted by Crippen LogP contribution is -2.04. The van der Waals surface area contributed by atoms with Gasteiger partial charge >= 0.3 is 11.9 Å². The molecule has 0 aliphatic carbocycles. The Morgan fingerprint density at radius 2 is 2.20 bits per heavy atom. The van der Waals surface area contributed by atoms with E-state index in [0.717, 1.165) is 0 Å². The van der Waals surface area contributed by atoms with Crippen LogP contribution in [0.1, 0.15) is 22.3 Å². The monoisotopic (exact) mass is 209 g/mol. The highest BCUT2D eigenvalue weighted by atomic mass is 16.5. The molecule has 0 bridgehead atoms. The van der Waals surface area contributed by atoms with Gasteiger partial charge in [0.05, 0.1) is 12.7 Å². The first-order valence-electron chi connectivity index (χ1n) is 4.37. The van der Waals surface area contributed by atoms with E-state index >= 15 is 0 Å². The minimum absolute atomic E-state index is 0.0201. The van der Waals surface area contributed by atoms with Crippen LogP contribution in [0.2, 0.25) is 0 Å². The van der Waals surface area contributed by atoms with Crippen LogP contribution < -0.4 is 0 Å². The van der Waals surface area contributed by atoms with Gasteiger partial charge in [-0.15, -0.1) is 0 Å². The normalized spacial score (nSPS) is 9.67. The number of methoxy groups -OCH3 is 1. The lowest BCUT2D eigenvalue weighted by Gasteiger charge is -2.01. The number of carbonyl (C=O) groups excluding carboxylic acids is 1. The second-order valence-corrected chi connectivity index (χ2v) is 2.97. The van der Waals surface area contributed by atoms with Gasteiger partial charge in [0.25, 0.3) is 0 Å². The maximum absolute atomic E-state index is 11.1. The number of aliphatic carboxylic acids is 1. The smallest absolute Gasteiger partial charge is 0.339 e. The van der Waals surface area contributed by atoms with Gasteiger partial charge < -0.3 is 9.84 Å². The minimum atomic E-state index is -0.876. The first-order valence-corrected chi connectivity index (χ1v) is 4.37. The van der Waals surface area contributed by atoms with Gasteiger partial charge in [-0.1, -0.05) is 0 Å². The number of aromatic nitrogens is 1. The predicted molar refractivity (Wildman–Crippen MR) is 51.5 cm³/mol. The van der Waals surface area contributed by atoms with E-state index in [0.29, 0.717) is 17.5 Å². The highest BCUT2D eigenvalue weighted by Gasteiger charge is 2.07. The molecular formula is C10H11NO4. The number of carboxylic acid groups (broad SMARTS) is 1. The Balaban J connectivity index is 2.74. The number of aryl methyl sites for hydroxylation is 1. The Hall–Kier alpha value is -1.91. The van der Waals surface area contributed by atoms with Crippen molar-refractivity contribution in [2.24, 2.45) is 0 Å². The molecule has 0 amide bonds. The zero-order chi connectivity index (χ0) is 11.3. The zero-order valence-corrected chi connectivity index (χ0v) is 8.27. The highest BCUT2D eigenvalue weighted by molar-refractivity contribution is 5.89. The summed E-state index contributed by atoms with van der Waals surface area (Å²) >= 11 is 0. The number of nitrogens with zero attached hydrogens (tertiary/aromatic N) is 1. The Labute approximate surface area is 86.7 Å². The molecule has 0 saturated carbocycles. The lowest BCUT2D eigenvalue weighted by atomic mass is 10.1. The van der Waals surface area contributed by atoms with E-state index in [1.165, 1.54) is 19.5 Å². The second-order valence-electron chi connectivity index (χ2n) is 2.97. The van der Waals surface area contributed by atoms with Gasteiger partial charge in [0, 0.05) is 18.8 Å². The summed E-state index contributed by atoms with van der Waals surface area (Å²) in [5.41, 5.74) is 1.04.